The van der Waals surface area contributed by atoms with Crippen LogP contribution in [0, 0.1) is 6.92 Å². The van der Waals surface area contributed by atoms with Crippen LogP contribution in [0.4, 0.5) is 5.69 Å². The van der Waals surface area contributed by atoms with E-state index in [4.69, 9.17) is 10.8 Å². The van der Waals surface area contributed by atoms with Crippen molar-refractivity contribution in [3.8, 4) is 0 Å². The average molecular weight is 273 g/mol. The normalized spacial score (nSPS) is 10.4. The molecule has 0 aromatic heterocycles. The molecule has 0 radical (unpaired) electrons. The summed E-state index contributed by atoms with van der Waals surface area (Å²) in [6, 6.07) is 13.6. The number of nitrogen functional groups attached to an aromatic ring is 1. The largest absolute Gasteiger partial charge is 0.478 e. The first-order valence-electron chi connectivity index (χ1n) is 5.88. The highest BCUT2D eigenvalue weighted by molar-refractivity contribution is 7.98. The van der Waals surface area contributed by atoms with Gasteiger partial charge in [0.1, 0.15) is 0 Å². The topological polar surface area (TPSA) is 63.3 Å². The highest BCUT2D eigenvalue weighted by Crippen LogP contribution is 2.28. The van der Waals surface area contributed by atoms with E-state index in [1.807, 2.05) is 31.2 Å². The Labute approximate surface area is 116 Å². The van der Waals surface area contributed by atoms with Gasteiger partial charge >= 0.3 is 5.97 Å². The van der Waals surface area contributed by atoms with Crippen LogP contribution in [0.25, 0.3) is 0 Å². The lowest BCUT2D eigenvalue weighted by Gasteiger charge is -2.09. The lowest BCUT2D eigenvalue weighted by Crippen LogP contribution is -2.04. The third-order valence-corrected chi connectivity index (χ3v) is 3.89. The minimum absolute atomic E-state index is 0.176. The van der Waals surface area contributed by atoms with Gasteiger partial charge in [0, 0.05) is 16.3 Å². The zero-order valence-electron chi connectivity index (χ0n) is 10.6. The van der Waals surface area contributed by atoms with Crippen LogP contribution < -0.4 is 5.73 Å². The predicted octanol–water partition coefficient (Wildman–Crippen LogP) is 3.57. The molecule has 3 N–H and O–H groups in total. The number of benzene rings is 2. The van der Waals surface area contributed by atoms with Crippen molar-refractivity contribution in [1.82, 2.24) is 0 Å². The summed E-state index contributed by atoms with van der Waals surface area (Å²) >= 11 is 1.61. The summed E-state index contributed by atoms with van der Waals surface area (Å²) in [7, 11) is 0. The molecule has 2 aromatic rings. The first kappa shape index (κ1) is 13.5. The van der Waals surface area contributed by atoms with Crippen LogP contribution in [0.2, 0.25) is 0 Å². The average Bonchev–Trinajstić information content (AvgIpc) is 2.41. The number of anilines is 1. The van der Waals surface area contributed by atoms with Crippen molar-refractivity contribution in [3.05, 3.63) is 59.2 Å². The smallest absolute Gasteiger partial charge is 0.337 e. The maximum absolute atomic E-state index is 11.1. The molecule has 0 heterocycles. The molecule has 3 nitrogen and oxygen atoms in total. The molecule has 2 aromatic carbocycles. The molecule has 0 aliphatic carbocycles. The molecular weight excluding hydrogens is 258 g/mol. The molecule has 2 rings (SSSR count). The van der Waals surface area contributed by atoms with E-state index >= 15 is 0 Å². The van der Waals surface area contributed by atoms with Crippen LogP contribution in [-0.2, 0) is 5.75 Å². The Hall–Kier alpha value is -1.94. The third-order valence-electron chi connectivity index (χ3n) is 2.84. The first-order chi connectivity index (χ1) is 9.08. The second-order valence-corrected chi connectivity index (χ2v) is 5.33. The van der Waals surface area contributed by atoms with Crippen molar-refractivity contribution in [1.29, 1.82) is 0 Å². The zero-order chi connectivity index (χ0) is 13.8. The van der Waals surface area contributed by atoms with Gasteiger partial charge in [-0.2, -0.15) is 0 Å². The second-order valence-electron chi connectivity index (χ2n) is 4.28. The summed E-state index contributed by atoms with van der Waals surface area (Å²) in [6.45, 7) is 1.83. The number of hydrogen-bond acceptors (Lipinski definition) is 3. The fraction of sp³-hybridized carbons (Fsp3) is 0.133. The van der Waals surface area contributed by atoms with Crippen molar-refractivity contribution in [2.24, 2.45) is 0 Å². The summed E-state index contributed by atoms with van der Waals surface area (Å²) in [5, 5.41) is 9.11. The SMILES string of the molecule is Cc1cc(SCc2ccccc2)cc(C(=O)O)c1N. The molecule has 0 amide bonds. The standard InChI is InChI=1S/C15H15NO2S/c1-10-7-12(8-13(14(10)16)15(17)18)19-9-11-5-3-2-4-6-11/h2-8H,9,16H2,1H3,(H,17,18). The van der Waals surface area contributed by atoms with Crippen LogP contribution in [-0.4, -0.2) is 11.1 Å². The number of carboxylic acids is 1. The predicted molar refractivity (Wildman–Crippen MR) is 78.6 cm³/mol. The molecule has 0 saturated heterocycles. The summed E-state index contributed by atoms with van der Waals surface area (Å²) in [5.41, 5.74) is 8.30. The van der Waals surface area contributed by atoms with Gasteiger partial charge in [0.15, 0.2) is 0 Å². The van der Waals surface area contributed by atoms with Crippen LogP contribution in [0.5, 0.6) is 0 Å². The van der Waals surface area contributed by atoms with Gasteiger partial charge in [-0.1, -0.05) is 30.3 Å². The van der Waals surface area contributed by atoms with Crippen molar-refractivity contribution >= 4 is 23.4 Å². The molecular formula is C15H15NO2S. The molecule has 0 saturated carbocycles. The molecule has 0 aliphatic heterocycles. The highest BCUT2D eigenvalue weighted by atomic mass is 32.2. The van der Waals surface area contributed by atoms with E-state index in [-0.39, 0.29) is 5.56 Å². The monoisotopic (exact) mass is 273 g/mol. The van der Waals surface area contributed by atoms with Crippen molar-refractivity contribution in [3.63, 3.8) is 0 Å². The van der Waals surface area contributed by atoms with Crippen molar-refractivity contribution < 1.29 is 9.90 Å². The Morgan fingerprint density at radius 2 is 1.95 bits per heavy atom. The quantitative estimate of drug-likeness (QED) is 0.660. The Balaban J connectivity index is 2.19. The van der Waals surface area contributed by atoms with E-state index in [1.165, 1.54) is 5.56 Å². The molecule has 0 aliphatic rings. The van der Waals surface area contributed by atoms with Crippen LogP contribution in [0.15, 0.2) is 47.4 Å². The minimum Gasteiger partial charge on any atom is -0.478 e. The van der Waals surface area contributed by atoms with E-state index in [1.54, 1.807) is 17.8 Å². The Bertz CT molecular complexity index is 597. The zero-order valence-corrected chi connectivity index (χ0v) is 11.4. The number of hydrogen-bond donors (Lipinski definition) is 2. The number of nitrogens with two attached hydrogens (primary N) is 1. The molecule has 0 bridgehead atoms. The third kappa shape index (κ3) is 3.29. The van der Waals surface area contributed by atoms with E-state index in [2.05, 4.69) is 12.1 Å². The Morgan fingerprint density at radius 1 is 1.26 bits per heavy atom. The van der Waals surface area contributed by atoms with Crippen LogP contribution >= 0.6 is 11.8 Å². The summed E-state index contributed by atoms with van der Waals surface area (Å²) in [5.74, 6) is -0.175. The molecule has 4 heteroatoms. The summed E-state index contributed by atoms with van der Waals surface area (Å²) in [6.07, 6.45) is 0. The van der Waals surface area contributed by atoms with E-state index < -0.39 is 5.97 Å². The maximum Gasteiger partial charge on any atom is 0.337 e. The van der Waals surface area contributed by atoms with Gasteiger partial charge < -0.3 is 10.8 Å². The fourth-order valence-electron chi connectivity index (χ4n) is 1.77. The number of aromatic carboxylic acids is 1. The first-order valence-corrected chi connectivity index (χ1v) is 6.86. The van der Waals surface area contributed by atoms with E-state index in [0.717, 1.165) is 16.2 Å². The van der Waals surface area contributed by atoms with Gasteiger partial charge in [-0.05, 0) is 30.2 Å². The molecule has 98 valence electrons. The number of carboxylic acid groups (broad SMARTS) is 1. The van der Waals surface area contributed by atoms with Gasteiger partial charge in [-0.3, -0.25) is 0 Å². The number of rotatable bonds is 4. The Kier molecular flexibility index (Phi) is 4.12. The number of thioether (sulfide) groups is 1. The van der Waals surface area contributed by atoms with Crippen molar-refractivity contribution in [2.45, 2.75) is 17.6 Å². The summed E-state index contributed by atoms with van der Waals surface area (Å²) in [4.78, 5) is 12.0. The van der Waals surface area contributed by atoms with Crippen LogP contribution in [0.3, 0.4) is 0 Å². The summed E-state index contributed by atoms with van der Waals surface area (Å²) < 4.78 is 0. The van der Waals surface area contributed by atoms with Gasteiger partial charge in [0.2, 0.25) is 0 Å². The molecule has 0 unspecified atom stereocenters. The number of aryl methyl sites for hydroxylation is 1. The molecule has 0 spiro atoms. The van der Waals surface area contributed by atoms with Gasteiger partial charge in [-0.15, -0.1) is 11.8 Å². The van der Waals surface area contributed by atoms with Gasteiger partial charge in [0.25, 0.3) is 0 Å². The Morgan fingerprint density at radius 3 is 2.58 bits per heavy atom. The highest BCUT2D eigenvalue weighted by Gasteiger charge is 2.11. The molecule has 19 heavy (non-hydrogen) atoms. The lowest BCUT2D eigenvalue weighted by atomic mass is 10.1. The van der Waals surface area contributed by atoms with Crippen LogP contribution in [0.1, 0.15) is 21.5 Å². The lowest BCUT2D eigenvalue weighted by molar-refractivity contribution is 0.0697. The van der Waals surface area contributed by atoms with E-state index in [0.29, 0.717) is 5.69 Å². The van der Waals surface area contributed by atoms with Gasteiger partial charge in [-0.25, -0.2) is 4.79 Å². The molecule has 0 atom stereocenters. The van der Waals surface area contributed by atoms with Gasteiger partial charge in [0.05, 0.1) is 5.56 Å². The maximum atomic E-state index is 11.1. The minimum atomic E-state index is -0.984. The van der Waals surface area contributed by atoms with E-state index in [9.17, 15) is 4.79 Å². The molecule has 0 fully saturated rings. The number of carbonyl (C=O) groups is 1. The fourth-order valence-corrected chi connectivity index (χ4v) is 2.75. The second kappa shape index (κ2) is 5.80. The van der Waals surface area contributed by atoms with Crippen molar-refractivity contribution in [2.75, 3.05) is 5.73 Å².